The summed E-state index contributed by atoms with van der Waals surface area (Å²) in [6.07, 6.45) is 4.40. The molecule has 4 atom stereocenters. The maximum atomic E-state index is 8.89. The minimum atomic E-state index is 0.0369. The summed E-state index contributed by atoms with van der Waals surface area (Å²) in [5.74, 6) is 1.39. The number of rotatable bonds is 3. The Hall–Kier alpha value is -0.0800. The van der Waals surface area contributed by atoms with Gasteiger partial charge in [-0.2, -0.15) is 0 Å². The number of hydrogen-bond acceptors (Lipinski definition) is 2. The normalized spacial score (nSPS) is 51.4. The monoisotopic (exact) mass is 198 g/mol. The molecular weight excluding hydrogens is 176 g/mol. The van der Waals surface area contributed by atoms with Crippen molar-refractivity contribution in [1.82, 2.24) is 0 Å². The molecule has 0 spiro atoms. The molecule has 0 radical (unpaired) electrons. The Bertz CT molecular complexity index is 228. The van der Waals surface area contributed by atoms with Crippen LogP contribution in [0.3, 0.4) is 0 Å². The van der Waals surface area contributed by atoms with Gasteiger partial charge >= 0.3 is 0 Å². The fraction of sp³-hybridized carbons (Fsp3) is 1.00. The Morgan fingerprint density at radius 3 is 2.57 bits per heavy atom. The van der Waals surface area contributed by atoms with Gasteiger partial charge in [-0.1, -0.05) is 6.92 Å². The second kappa shape index (κ2) is 3.21. The molecule has 1 heterocycles. The molecule has 1 saturated heterocycles. The van der Waals surface area contributed by atoms with Gasteiger partial charge in [-0.15, -0.1) is 0 Å². The van der Waals surface area contributed by atoms with Gasteiger partial charge in [0, 0.05) is 6.61 Å². The molecule has 0 amide bonds. The van der Waals surface area contributed by atoms with Crippen LogP contribution in [-0.4, -0.2) is 22.9 Å². The van der Waals surface area contributed by atoms with E-state index >= 15 is 0 Å². The molecule has 2 fully saturated rings. The first-order chi connectivity index (χ1) is 6.52. The van der Waals surface area contributed by atoms with Crippen molar-refractivity contribution in [2.24, 2.45) is 11.8 Å². The number of aliphatic hydroxyl groups excluding tert-OH is 1. The van der Waals surface area contributed by atoms with E-state index in [0.29, 0.717) is 11.8 Å². The lowest BCUT2D eigenvalue weighted by molar-refractivity contribution is -0.129. The third kappa shape index (κ3) is 1.31. The van der Waals surface area contributed by atoms with Gasteiger partial charge < -0.3 is 9.84 Å². The summed E-state index contributed by atoms with van der Waals surface area (Å²) >= 11 is 0. The highest BCUT2D eigenvalue weighted by Gasteiger charge is 2.59. The predicted molar refractivity (Wildman–Crippen MR) is 56.1 cm³/mol. The molecule has 1 unspecified atom stereocenters. The van der Waals surface area contributed by atoms with Crippen molar-refractivity contribution in [1.29, 1.82) is 0 Å². The maximum absolute atomic E-state index is 8.89. The molecule has 0 aromatic rings. The van der Waals surface area contributed by atoms with Gasteiger partial charge in [0.05, 0.1) is 11.2 Å². The van der Waals surface area contributed by atoms with E-state index in [1.165, 1.54) is 12.8 Å². The van der Waals surface area contributed by atoms with E-state index in [9.17, 15) is 0 Å². The zero-order valence-corrected chi connectivity index (χ0v) is 9.55. The lowest BCUT2D eigenvalue weighted by Crippen LogP contribution is -2.38. The molecule has 2 heteroatoms. The van der Waals surface area contributed by atoms with Crippen molar-refractivity contribution in [2.45, 2.75) is 57.7 Å². The Morgan fingerprint density at radius 1 is 1.43 bits per heavy atom. The van der Waals surface area contributed by atoms with Crippen molar-refractivity contribution in [3.63, 3.8) is 0 Å². The molecule has 2 aliphatic rings. The predicted octanol–water partition coefficient (Wildman–Crippen LogP) is 2.35. The molecule has 1 saturated carbocycles. The van der Waals surface area contributed by atoms with E-state index in [-0.39, 0.29) is 17.8 Å². The van der Waals surface area contributed by atoms with Gasteiger partial charge in [0.15, 0.2) is 0 Å². The molecule has 0 aromatic heterocycles. The number of fused-ring (bicyclic) bond motifs is 2. The maximum Gasteiger partial charge on any atom is 0.0694 e. The van der Waals surface area contributed by atoms with E-state index in [1.54, 1.807) is 0 Å². The van der Waals surface area contributed by atoms with Gasteiger partial charge in [-0.05, 0) is 51.4 Å². The van der Waals surface area contributed by atoms with Gasteiger partial charge in [0.25, 0.3) is 0 Å². The van der Waals surface area contributed by atoms with E-state index in [0.717, 1.165) is 12.8 Å². The average molecular weight is 198 g/mol. The van der Waals surface area contributed by atoms with Crippen LogP contribution in [0.15, 0.2) is 0 Å². The number of hydrogen-bond donors (Lipinski definition) is 1. The molecule has 82 valence electrons. The van der Waals surface area contributed by atoms with Crippen LogP contribution in [-0.2, 0) is 4.74 Å². The van der Waals surface area contributed by atoms with Crippen molar-refractivity contribution in [3.8, 4) is 0 Å². The molecule has 0 aromatic carbocycles. The second-order valence-corrected chi connectivity index (χ2v) is 5.49. The van der Waals surface area contributed by atoms with Crippen LogP contribution < -0.4 is 0 Å². The lowest BCUT2D eigenvalue weighted by Gasteiger charge is -2.37. The van der Waals surface area contributed by atoms with Crippen LogP contribution in [0, 0.1) is 11.8 Å². The standard InChI is InChI=1S/C12H22O2/c1-9-10-5-7-11(9,2)14-12(10,3)6-4-8-13/h9-10,13H,4-8H2,1-3H3/t9?,10-,11+,12+/m1/s1. The highest BCUT2D eigenvalue weighted by molar-refractivity contribution is 5.08. The van der Waals surface area contributed by atoms with Gasteiger partial charge in [0.2, 0.25) is 0 Å². The Balaban J connectivity index is 2.10. The molecular formula is C12H22O2. The Labute approximate surface area is 86.6 Å². The van der Waals surface area contributed by atoms with Crippen LogP contribution in [0.2, 0.25) is 0 Å². The van der Waals surface area contributed by atoms with E-state index in [1.807, 2.05) is 0 Å². The molecule has 1 N–H and O–H groups in total. The Kier molecular flexibility index (Phi) is 2.39. The Morgan fingerprint density at radius 2 is 2.14 bits per heavy atom. The SMILES string of the molecule is CC1[C@H]2CC[C@]1(C)O[C@@]2(C)CCCO. The van der Waals surface area contributed by atoms with Gasteiger partial charge in [-0.3, -0.25) is 0 Å². The third-order valence-corrected chi connectivity index (χ3v) is 4.60. The summed E-state index contributed by atoms with van der Waals surface area (Å²) in [6.45, 7) is 7.09. The smallest absolute Gasteiger partial charge is 0.0694 e. The van der Waals surface area contributed by atoms with Crippen LogP contribution in [0.5, 0.6) is 0 Å². The van der Waals surface area contributed by atoms with E-state index in [4.69, 9.17) is 9.84 Å². The number of ether oxygens (including phenoxy) is 1. The summed E-state index contributed by atoms with van der Waals surface area (Å²) in [5.41, 5.74) is 0.157. The van der Waals surface area contributed by atoms with Crippen molar-refractivity contribution < 1.29 is 9.84 Å². The molecule has 1 aliphatic heterocycles. The zero-order valence-electron chi connectivity index (χ0n) is 9.55. The quantitative estimate of drug-likeness (QED) is 0.754. The van der Waals surface area contributed by atoms with Gasteiger partial charge in [0.1, 0.15) is 0 Å². The zero-order chi connectivity index (χ0) is 10.4. The second-order valence-electron chi connectivity index (χ2n) is 5.49. The average Bonchev–Trinajstić information content (AvgIpc) is 2.50. The first-order valence-corrected chi connectivity index (χ1v) is 5.83. The molecule has 2 bridgehead atoms. The summed E-state index contributed by atoms with van der Waals surface area (Å²) in [7, 11) is 0. The van der Waals surface area contributed by atoms with E-state index in [2.05, 4.69) is 20.8 Å². The first kappa shape index (κ1) is 10.4. The van der Waals surface area contributed by atoms with E-state index < -0.39 is 0 Å². The number of aliphatic hydroxyl groups is 1. The van der Waals surface area contributed by atoms with Crippen molar-refractivity contribution in [2.75, 3.05) is 6.61 Å². The van der Waals surface area contributed by atoms with Crippen LogP contribution in [0.25, 0.3) is 0 Å². The first-order valence-electron chi connectivity index (χ1n) is 5.83. The molecule has 14 heavy (non-hydrogen) atoms. The minimum Gasteiger partial charge on any atom is -0.396 e. The van der Waals surface area contributed by atoms with Gasteiger partial charge in [-0.25, -0.2) is 0 Å². The van der Waals surface area contributed by atoms with Crippen LogP contribution in [0.1, 0.15) is 46.5 Å². The highest BCUT2D eigenvalue weighted by atomic mass is 16.5. The third-order valence-electron chi connectivity index (χ3n) is 4.60. The topological polar surface area (TPSA) is 29.5 Å². The fourth-order valence-corrected chi connectivity index (χ4v) is 3.60. The molecule has 1 aliphatic carbocycles. The molecule has 2 nitrogen and oxygen atoms in total. The minimum absolute atomic E-state index is 0.0369. The van der Waals surface area contributed by atoms with Crippen LogP contribution in [0.4, 0.5) is 0 Å². The summed E-state index contributed by atoms with van der Waals surface area (Å²) < 4.78 is 6.24. The highest BCUT2D eigenvalue weighted by Crippen LogP contribution is 2.58. The fourth-order valence-electron chi connectivity index (χ4n) is 3.60. The van der Waals surface area contributed by atoms with Crippen molar-refractivity contribution >= 4 is 0 Å². The summed E-state index contributed by atoms with van der Waals surface area (Å²) in [6, 6.07) is 0. The molecule has 2 rings (SSSR count). The summed E-state index contributed by atoms with van der Waals surface area (Å²) in [4.78, 5) is 0. The largest absolute Gasteiger partial charge is 0.396 e. The van der Waals surface area contributed by atoms with Crippen molar-refractivity contribution in [3.05, 3.63) is 0 Å². The van der Waals surface area contributed by atoms with Crippen LogP contribution >= 0.6 is 0 Å². The lowest BCUT2D eigenvalue weighted by atomic mass is 9.80. The summed E-state index contributed by atoms with van der Waals surface area (Å²) in [5, 5.41) is 8.89.